The van der Waals surface area contributed by atoms with E-state index in [9.17, 15) is 4.79 Å². The normalized spacial score (nSPS) is 11.2. The average molecular weight is 569 g/mol. The molecular weight excluding hydrogens is 553 g/mol. The van der Waals surface area contributed by atoms with Crippen molar-refractivity contribution >= 4 is 57.5 Å². The lowest BCUT2D eigenvalue weighted by molar-refractivity contribution is 0.817. The number of thioether (sulfide) groups is 1. The van der Waals surface area contributed by atoms with Crippen LogP contribution in [0.2, 0.25) is 0 Å². The van der Waals surface area contributed by atoms with E-state index in [1.54, 1.807) is 4.57 Å². The van der Waals surface area contributed by atoms with Crippen LogP contribution in [-0.4, -0.2) is 24.3 Å². The van der Waals surface area contributed by atoms with Gasteiger partial charge in [0.05, 0.1) is 22.3 Å². The first-order chi connectivity index (χ1) is 15.6. The molecule has 158 valence electrons. The number of aromatic amines is 1. The fraction of sp³-hybridized carbons (Fsp3) is 0.0435. The van der Waals surface area contributed by atoms with Crippen LogP contribution in [0.15, 0.2) is 88.8 Å². The zero-order chi connectivity index (χ0) is 22.1. The number of fused-ring (bicyclic) bond motifs is 1. The van der Waals surface area contributed by atoms with E-state index < -0.39 is 0 Å². The summed E-state index contributed by atoms with van der Waals surface area (Å²) in [5.41, 5.74) is 2.29. The second kappa shape index (κ2) is 9.00. The lowest BCUT2D eigenvalue weighted by Gasteiger charge is -2.13. The molecule has 2 aromatic heterocycles. The summed E-state index contributed by atoms with van der Waals surface area (Å²) < 4.78 is 5.08. The van der Waals surface area contributed by atoms with Gasteiger partial charge < -0.3 is 0 Å². The summed E-state index contributed by atoms with van der Waals surface area (Å²) in [4.78, 5) is 18.3. The van der Waals surface area contributed by atoms with Crippen molar-refractivity contribution < 1.29 is 0 Å². The van der Waals surface area contributed by atoms with Gasteiger partial charge in [-0.05, 0) is 77.3 Å². The Morgan fingerprint density at radius 2 is 1.59 bits per heavy atom. The van der Waals surface area contributed by atoms with Crippen LogP contribution in [0, 0.1) is 8.34 Å². The highest BCUT2D eigenvalue weighted by molar-refractivity contribution is 14.1. The van der Waals surface area contributed by atoms with Gasteiger partial charge in [-0.1, -0.05) is 48.2 Å². The number of benzene rings is 3. The number of nitrogens with zero attached hydrogens (tertiary/aromatic N) is 4. The van der Waals surface area contributed by atoms with Crippen LogP contribution in [0.4, 0.5) is 0 Å². The van der Waals surface area contributed by atoms with Crippen LogP contribution in [0.3, 0.4) is 0 Å². The summed E-state index contributed by atoms with van der Waals surface area (Å²) in [6, 6.07) is 25.1. The Morgan fingerprint density at radius 1 is 0.938 bits per heavy atom. The average Bonchev–Trinajstić information content (AvgIpc) is 3.19. The maximum absolute atomic E-state index is 13.5. The number of hydrogen-bond acceptors (Lipinski definition) is 5. The van der Waals surface area contributed by atoms with Gasteiger partial charge in [0.1, 0.15) is 5.82 Å². The topological polar surface area (TPSA) is 68.5 Å². The Kier molecular flexibility index (Phi) is 5.94. The van der Waals surface area contributed by atoms with Crippen molar-refractivity contribution in [1.29, 1.82) is 0 Å². The smallest absolute Gasteiger partial charge is 0.266 e. The summed E-state index contributed by atoms with van der Waals surface area (Å²) in [7, 11) is 0. The first kappa shape index (κ1) is 21.1. The van der Waals surface area contributed by atoms with Gasteiger partial charge in [0.2, 0.25) is 0 Å². The van der Waals surface area contributed by atoms with Crippen molar-refractivity contribution in [3.8, 4) is 11.4 Å². The fourth-order valence-corrected chi connectivity index (χ4v) is 5.12. The molecule has 0 saturated heterocycles. The predicted molar refractivity (Wildman–Crippen MR) is 138 cm³/mol. The second-order valence-electron chi connectivity index (χ2n) is 6.94. The summed E-state index contributed by atoms with van der Waals surface area (Å²) in [5, 5.41) is 8.49. The van der Waals surface area contributed by atoms with E-state index in [4.69, 9.17) is 17.2 Å². The maximum atomic E-state index is 13.5. The van der Waals surface area contributed by atoms with E-state index in [0.717, 1.165) is 20.8 Å². The largest absolute Gasteiger partial charge is 0.271 e. The lowest BCUT2D eigenvalue weighted by atomic mass is 10.2. The molecule has 1 N–H and O–H groups in total. The Balaban J connectivity index is 1.61. The van der Waals surface area contributed by atoms with E-state index in [1.807, 2.05) is 83.4 Å². The van der Waals surface area contributed by atoms with Crippen LogP contribution in [0.5, 0.6) is 0 Å². The molecule has 5 aromatic rings. The van der Waals surface area contributed by atoms with Gasteiger partial charge in [0, 0.05) is 9.26 Å². The molecule has 0 unspecified atom stereocenters. The van der Waals surface area contributed by atoms with Crippen LogP contribution in [-0.2, 0) is 5.75 Å². The number of H-pyrrole nitrogens is 1. The minimum absolute atomic E-state index is 0.0934. The number of aromatic nitrogens is 5. The molecule has 0 radical (unpaired) electrons. The van der Waals surface area contributed by atoms with E-state index in [2.05, 4.69) is 32.8 Å². The van der Waals surface area contributed by atoms with Crippen molar-refractivity contribution in [2.45, 2.75) is 10.9 Å². The fourth-order valence-electron chi connectivity index (χ4n) is 3.44. The molecule has 5 rings (SSSR count). The van der Waals surface area contributed by atoms with E-state index in [0.29, 0.717) is 26.6 Å². The van der Waals surface area contributed by atoms with Crippen LogP contribution >= 0.6 is 46.6 Å². The van der Waals surface area contributed by atoms with Crippen LogP contribution < -0.4 is 5.56 Å². The van der Waals surface area contributed by atoms with Gasteiger partial charge in [-0.2, -0.15) is 5.10 Å². The standard InChI is InChI=1S/C23H16IN5OS2/c24-15-11-12-19-18(13-15)21(30)29(17-9-5-2-6-10-17)23(25-19)32-14-20-26-27-22(31)28(20)16-7-3-1-4-8-16/h1-13H,14H2,(H,27,31). The molecular formula is C23H16IN5OS2. The van der Waals surface area contributed by atoms with Crippen molar-refractivity contribution in [1.82, 2.24) is 24.3 Å². The summed E-state index contributed by atoms with van der Waals surface area (Å²) in [6.07, 6.45) is 0. The van der Waals surface area contributed by atoms with Crippen molar-refractivity contribution in [3.63, 3.8) is 0 Å². The van der Waals surface area contributed by atoms with Crippen LogP contribution in [0.1, 0.15) is 5.82 Å². The minimum Gasteiger partial charge on any atom is -0.271 e. The zero-order valence-electron chi connectivity index (χ0n) is 16.6. The number of halogens is 1. The van der Waals surface area contributed by atoms with Gasteiger partial charge >= 0.3 is 0 Å². The van der Waals surface area contributed by atoms with Gasteiger partial charge in [0.15, 0.2) is 9.93 Å². The predicted octanol–water partition coefficient (Wildman–Crippen LogP) is 5.53. The van der Waals surface area contributed by atoms with Gasteiger partial charge in [-0.25, -0.2) is 4.98 Å². The molecule has 3 aromatic carbocycles. The van der Waals surface area contributed by atoms with Crippen molar-refractivity contribution in [2.75, 3.05) is 0 Å². The first-order valence-electron chi connectivity index (χ1n) is 9.74. The number of para-hydroxylation sites is 2. The van der Waals surface area contributed by atoms with Crippen LogP contribution in [0.25, 0.3) is 22.3 Å². The maximum Gasteiger partial charge on any atom is 0.266 e. The monoisotopic (exact) mass is 569 g/mol. The molecule has 0 bridgehead atoms. The molecule has 0 amide bonds. The number of nitrogens with one attached hydrogen (secondary N) is 1. The van der Waals surface area contributed by atoms with E-state index in [1.165, 1.54) is 11.8 Å². The molecule has 2 heterocycles. The van der Waals surface area contributed by atoms with Crippen molar-refractivity contribution in [2.24, 2.45) is 0 Å². The van der Waals surface area contributed by atoms with Gasteiger partial charge in [-0.3, -0.25) is 19.0 Å². The molecule has 0 aliphatic carbocycles. The molecule has 0 aliphatic rings. The molecule has 0 aliphatic heterocycles. The molecule has 6 nitrogen and oxygen atoms in total. The van der Waals surface area contributed by atoms with E-state index >= 15 is 0 Å². The zero-order valence-corrected chi connectivity index (χ0v) is 20.4. The second-order valence-corrected chi connectivity index (χ2v) is 9.51. The third kappa shape index (κ3) is 4.03. The highest BCUT2D eigenvalue weighted by Gasteiger charge is 2.16. The summed E-state index contributed by atoms with van der Waals surface area (Å²) in [6.45, 7) is 0. The highest BCUT2D eigenvalue weighted by Crippen LogP contribution is 2.25. The third-order valence-corrected chi connectivity index (χ3v) is 6.78. The Hall–Kier alpha value is -2.76. The third-order valence-electron chi connectivity index (χ3n) is 4.90. The quantitative estimate of drug-likeness (QED) is 0.131. The number of rotatable bonds is 5. The SMILES string of the molecule is O=c1c2cc(I)ccc2nc(SCc2n[nH]c(=S)n2-c2ccccc2)n1-c1ccccc1. The first-order valence-corrected chi connectivity index (χ1v) is 12.2. The lowest BCUT2D eigenvalue weighted by Crippen LogP contribution is -2.22. The molecule has 0 atom stereocenters. The van der Waals surface area contributed by atoms with Gasteiger partial charge in [-0.15, -0.1) is 0 Å². The molecule has 0 spiro atoms. The Morgan fingerprint density at radius 3 is 2.28 bits per heavy atom. The molecule has 0 saturated carbocycles. The Labute approximate surface area is 206 Å². The number of hydrogen-bond donors (Lipinski definition) is 1. The summed E-state index contributed by atoms with van der Waals surface area (Å²) in [5.74, 6) is 1.24. The summed E-state index contributed by atoms with van der Waals surface area (Å²) >= 11 is 9.11. The highest BCUT2D eigenvalue weighted by atomic mass is 127. The minimum atomic E-state index is -0.0934. The molecule has 9 heteroatoms. The molecule has 0 fully saturated rings. The van der Waals surface area contributed by atoms with Gasteiger partial charge in [0.25, 0.3) is 5.56 Å². The van der Waals surface area contributed by atoms with E-state index in [-0.39, 0.29) is 5.56 Å². The molecule has 32 heavy (non-hydrogen) atoms. The van der Waals surface area contributed by atoms with Crippen molar-refractivity contribution in [3.05, 3.63) is 103 Å². The Bertz CT molecular complexity index is 1530.